The molecule has 0 radical (unpaired) electrons. The fraction of sp³-hybridized carbons (Fsp3) is 0.500. The first-order valence-corrected chi connectivity index (χ1v) is 7.68. The van der Waals surface area contributed by atoms with E-state index in [0.29, 0.717) is 12.5 Å². The second kappa shape index (κ2) is 4.68. The Labute approximate surface area is 116 Å². The van der Waals surface area contributed by atoms with Crippen molar-refractivity contribution in [2.45, 2.75) is 36.6 Å². The van der Waals surface area contributed by atoms with E-state index in [1.54, 1.807) is 0 Å². The zero-order chi connectivity index (χ0) is 14.4. The summed E-state index contributed by atoms with van der Waals surface area (Å²) in [5.74, 6) is -1.92. The van der Waals surface area contributed by atoms with Crippen LogP contribution in [0, 0.1) is 17.0 Å². The van der Waals surface area contributed by atoms with Crippen LogP contribution in [0.15, 0.2) is 23.1 Å². The summed E-state index contributed by atoms with van der Waals surface area (Å²) < 4.78 is 52.8. The van der Waals surface area contributed by atoms with E-state index in [1.807, 2.05) is 13.8 Å². The van der Waals surface area contributed by atoms with Crippen LogP contribution in [0.2, 0.25) is 0 Å². The molecule has 1 aliphatic rings. The molecule has 1 fully saturated rings. The van der Waals surface area contributed by atoms with Crippen LogP contribution in [0.1, 0.15) is 20.3 Å². The maximum Gasteiger partial charge on any atom is 0.243 e. The van der Waals surface area contributed by atoms with Crippen molar-refractivity contribution in [2.24, 2.45) is 5.41 Å². The SMILES string of the molecule is CC1(C)C(Cl)CC1NS(=O)(=O)c1ccc(F)cc1F. The van der Waals surface area contributed by atoms with E-state index in [9.17, 15) is 17.2 Å². The number of sulfonamides is 1. The third-order valence-corrected chi connectivity index (χ3v) is 5.87. The lowest BCUT2D eigenvalue weighted by molar-refractivity contribution is 0.137. The Morgan fingerprint density at radius 3 is 2.47 bits per heavy atom. The van der Waals surface area contributed by atoms with Gasteiger partial charge in [0.2, 0.25) is 10.0 Å². The molecule has 2 rings (SSSR count). The lowest BCUT2D eigenvalue weighted by Gasteiger charge is -2.48. The Kier molecular flexibility index (Phi) is 3.62. The van der Waals surface area contributed by atoms with Crippen molar-refractivity contribution in [2.75, 3.05) is 0 Å². The predicted molar refractivity (Wildman–Crippen MR) is 68.5 cm³/mol. The van der Waals surface area contributed by atoms with Gasteiger partial charge in [0.1, 0.15) is 16.5 Å². The van der Waals surface area contributed by atoms with Crippen molar-refractivity contribution in [3.05, 3.63) is 29.8 Å². The highest BCUT2D eigenvalue weighted by atomic mass is 35.5. The first-order valence-electron chi connectivity index (χ1n) is 5.76. The zero-order valence-electron chi connectivity index (χ0n) is 10.5. The lowest BCUT2D eigenvalue weighted by atomic mass is 9.67. The minimum absolute atomic E-state index is 0.127. The fourth-order valence-corrected chi connectivity index (χ4v) is 3.81. The van der Waals surface area contributed by atoms with E-state index in [0.717, 1.165) is 12.1 Å². The summed E-state index contributed by atoms with van der Waals surface area (Å²) in [4.78, 5) is -0.553. The van der Waals surface area contributed by atoms with Crippen molar-refractivity contribution in [3.8, 4) is 0 Å². The van der Waals surface area contributed by atoms with Crippen molar-refractivity contribution >= 4 is 21.6 Å². The van der Waals surface area contributed by atoms with Gasteiger partial charge in [0.05, 0.1) is 0 Å². The van der Waals surface area contributed by atoms with Gasteiger partial charge < -0.3 is 0 Å². The molecule has 2 atom stereocenters. The maximum atomic E-state index is 13.5. The van der Waals surface area contributed by atoms with Gasteiger partial charge in [-0.3, -0.25) is 0 Å². The molecule has 0 aromatic heterocycles. The third-order valence-electron chi connectivity index (χ3n) is 3.63. The molecule has 1 N–H and O–H groups in total. The Bertz CT molecular complexity index is 604. The van der Waals surface area contributed by atoms with Crippen molar-refractivity contribution in [1.82, 2.24) is 4.72 Å². The van der Waals surface area contributed by atoms with E-state index in [2.05, 4.69) is 4.72 Å². The molecule has 1 aromatic carbocycles. The van der Waals surface area contributed by atoms with Crippen molar-refractivity contribution < 1.29 is 17.2 Å². The quantitative estimate of drug-likeness (QED) is 0.873. The monoisotopic (exact) mass is 309 g/mol. The van der Waals surface area contributed by atoms with Gasteiger partial charge in [-0.2, -0.15) is 0 Å². The van der Waals surface area contributed by atoms with Crippen LogP contribution >= 0.6 is 11.6 Å². The molecule has 1 aromatic rings. The van der Waals surface area contributed by atoms with Crippen molar-refractivity contribution in [1.29, 1.82) is 0 Å². The minimum Gasteiger partial charge on any atom is -0.207 e. The average molecular weight is 310 g/mol. The highest BCUT2D eigenvalue weighted by molar-refractivity contribution is 7.89. The Hall–Kier alpha value is -0.720. The van der Waals surface area contributed by atoms with Gasteiger partial charge in [0, 0.05) is 17.5 Å². The summed E-state index contributed by atoms with van der Waals surface area (Å²) in [6, 6.07) is 2.01. The van der Waals surface area contributed by atoms with Crippen LogP contribution < -0.4 is 4.72 Å². The average Bonchev–Trinajstić information content (AvgIpc) is 2.27. The van der Waals surface area contributed by atoms with Crippen LogP contribution in [0.25, 0.3) is 0 Å². The van der Waals surface area contributed by atoms with Gasteiger partial charge in [-0.25, -0.2) is 21.9 Å². The van der Waals surface area contributed by atoms with Crippen LogP contribution in [-0.2, 0) is 10.0 Å². The number of alkyl halides is 1. The summed E-state index contributed by atoms with van der Waals surface area (Å²) in [5.41, 5.74) is -0.398. The molecule has 0 aliphatic heterocycles. The molecule has 0 heterocycles. The summed E-state index contributed by atoms with van der Waals surface area (Å²) >= 11 is 6.00. The fourth-order valence-electron chi connectivity index (χ4n) is 2.02. The molecule has 0 bridgehead atoms. The molecular weight excluding hydrogens is 296 g/mol. The molecule has 1 aliphatic carbocycles. The molecule has 19 heavy (non-hydrogen) atoms. The normalized spacial score (nSPS) is 25.9. The summed E-state index contributed by atoms with van der Waals surface area (Å²) in [7, 11) is -4.01. The summed E-state index contributed by atoms with van der Waals surface area (Å²) in [5, 5.41) is -0.127. The maximum absolute atomic E-state index is 13.5. The van der Waals surface area contributed by atoms with Crippen LogP contribution in [0.4, 0.5) is 8.78 Å². The molecule has 0 amide bonds. The number of nitrogens with one attached hydrogen (secondary N) is 1. The van der Waals surface area contributed by atoms with Crippen LogP contribution in [-0.4, -0.2) is 19.8 Å². The largest absolute Gasteiger partial charge is 0.243 e. The van der Waals surface area contributed by atoms with E-state index in [-0.39, 0.29) is 11.4 Å². The molecular formula is C12H14ClF2NO2S. The third kappa shape index (κ3) is 2.61. The lowest BCUT2D eigenvalue weighted by Crippen LogP contribution is -2.59. The topological polar surface area (TPSA) is 46.2 Å². The Morgan fingerprint density at radius 2 is 2.00 bits per heavy atom. The molecule has 106 valence electrons. The van der Waals surface area contributed by atoms with E-state index in [4.69, 9.17) is 11.6 Å². The summed E-state index contributed by atoms with van der Waals surface area (Å²) in [6.07, 6.45) is 0.483. The molecule has 0 spiro atoms. The van der Waals surface area contributed by atoms with Gasteiger partial charge in [-0.15, -0.1) is 11.6 Å². The number of benzene rings is 1. The number of halogens is 3. The molecule has 7 heteroatoms. The van der Waals surface area contributed by atoms with Gasteiger partial charge >= 0.3 is 0 Å². The second-order valence-electron chi connectivity index (χ2n) is 5.27. The number of rotatable bonds is 3. The number of hydrogen-bond donors (Lipinski definition) is 1. The minimum atomic E-state index is -4.01. The van der Waals surface area contributed by atoms with E-state index >= 15 is 0 Å². The van der Waals surface area contributed by atoms with Crippen LogP contribution in [0.5, 0.6) is 0 Å². The smallest absolute Gasteiger partial charge is 0.207 e. The second-order valence-corrected chi connectivity index (χ2v) is 7.48. The molecule has 2 unspecified atom stereocenters. The molecule has 0 saturated heterocycles. The molecule has 3 nitrogen and oxygen atoms in total. The zero-order valence-corrected chi connectivity index (χ0v) is 12.0. The standard InChI is InChI=1S/C12H14ClF2NO2S/c1-12(2)10(13)6-11(12)16-19(17,18)9-4-3-7(14)5-8(9)15/h3-5,10-11,16H,6H2,1-2H3. The number of hydrogen-bond acceptors (Lipinski definition) is 2. The van der Waals surface area contributed by atoms with E-state index in [1.165, 1.54) is 0 Å². The Balaban J connectivity index is 2.25. The first-order chi connectivity index (χ1) is 8.64. The van der Waals surface area contributed by atoms with Crippen molar-refractivity contribution in [3.63, 3.8) is 0 Å². The Morgan fingerprint density at radius 1 is 1.37 bits per heavy atom. The summed E-state index contributed by atoms with van der Waals surface area (Å²) in [6.45, 7) is 3.67. The van der Waals surface area contributed by atoms with Gasteiger partial charge in [0.15, 0.2) is 0 Å². The highest BCUT2D eigenvalue weighted by Crippen LogP contribution is 2.44. The van der Waals surface area contributed by atoms with Gasteiger partial charge in [-0.1, -0.05) is 13.8 Å². The predicted octanol–water partition coefficient (Wildman–Crippen LogP) is 2.65. The van der Waals surface area contributed by atoms with Gasteiger partial charge in [-0.05, 0) is 24.0 Å². The van der Waals surface area contributed by atoms with Crippen LogP contribution in [0.3, 0.4) is 0 Å². The van der Waals surface area contributed by atoms with Gasteiger partial charge in [0.25, 0.3) is 0 Å². The molecule has 1 saturated carbocycles. The first kappa shape index (κ1) is 14.7. The highest BCUT2D eigenvalue weighted by Gasteiger charge is 2.49. The van der Waals surface area contributed by atoms with E-state index < -0.39 is 32.0 Å².